The van der Waals surface area contributed by atoms with Gasteiger partial charge in [-0.2, -0.15) is 4.98 Å². The Balaban J connectivity index is 0.00000157. The van der Waals surface area contributed by atoms with Gasteiger partial charge in [-0.25, -0.2) is 18.1 Å². The van der Waals surface area contributed by atoms with Crippen LogP contribution < -0.4 is 9.46 Å². The quantitative estimate of drug-likeness (QED) is 0.288. The largest absolute Gasteiger partial charge is 0.475 e. The van der Waals surface area contributed by atoms with Crippen molar-refractivity contribution in [2.75, 3.05) is 24.5 Å². The van der Waals surface area contributed by atoms with Gasteiger partial charge in [-0.05, 0) is 79.7 Å². The van der Waals surface area contributed by atoms with Crippen LogP contribution >= 0.6 is 0 Å². The maximum absolute atomic E-state index is 14.3. The molecule has 0 radical (unpaired) electrons. The highest BCUT2D eigenvalue weighted by Crippen LogP contribution is 2.35. The number of sulfonamides is 1. The van der Waals surface area contributed by atoms with Gasteiger partial charge in [0, 0.05) is 31.8 Å². The second-order valence-electron chi connectivity index (χ2n) is 15.2. The van der Waals surface area contributed by atoms with Crippen molar-refractivity contribution in [3.63, 3.8) is 0 Å². The van der Waals surface area contributed by atoms with Gasteiger partial charge in [0.25, 0.3) is 15.9 Å². The second kappa shape index (κ2) is 15.4. The molecule has 1 unspecified atom stereocenters. The number of hydrogen-bond acceptors (Lipinski definition) is 7. The molecule has 3 aromatic rings. The molecule has 4 bridgehead atoms. The number of ether oxygens (including phenoxy) is 2. The number of carbonyl (C=O) groups is 1. The summed E-state index contributed by atoms with van der Waals surface area (Å²) in [6.07, 6.45) is 4.53. The molecule has 10 heteroatoms. The molecule has 2 aromatic carbocycles. The highest BCUT2D eigenvalue weighted by Gasteiger charge is 2.34. The summed E-state index contributed by atoms with van der Waals surface area (Å²) in [5.41, 5.74) is 3.77. The predicted molar refractivity (Wildman–Crippen MR) is 194 cm³/mol. The van der Waals surface area contributed by atoms with Crippen LogP contribution in [0.15, 0.2) is 53.4 Å². The van der Waals surface area contributed by atoms with Crippen LogP contribution in [0.1, 0.15) is 103 Å². The standard InChI is InChI=1S/C35H46N4O5S.C3H8.H2/c1-23-10-8-11-24(2)31(23)29-19-30-37-33(36-29)38-45(41,42)28-13-9-12-25(18-28)32(40)39(26(22-44-30)20-34(3,4)5)16-14-27-21-35(6,7)15-17-43-27;1-3-2;/h8-13,18-19,26-27H,14-17,20-22H2,1-7H3,(H,36,37,38);3H2,1-2H3;1H/t26-,27?;;/m1../s1. The summed E-state index contributed by atoms with van der Waals surface area (Å²) in [4.78, 5) is 25.2. The summed E-state index contributed by atoms with van der Waals surface area (Å²) < 4.78 is 42.3. The number of hydrogen-bond donors (Lipinski definition) is 1. The summed E-state index contributed by atoms with van der Waals surface area (Å²) in [7, 11) is -4.12. The van der Waals surface area contributed by atoms with Gasteiger partial charge in [0.2, 0.25) is 11.8 Å². The van der Waals surface area contributed by atoms with Gasteiger partial charge in [0.05, 0.1) is 22.7 Å². The molecular weight excluding hydrogens is 625 g/mol. The minimum atomic E-state index is -4.12. The van der Waals surface area contributed by atoms with E-state index in [0.29, 0.717) is 37.3 Å². The summed E-state index contributed by atoms with van der Waals surface area (Å²) >= 11 is 0. The first-order valence-electron chi connectivity index (χ1n) is 17.2. The van der Waals surface area contributed by atoms with Crippen molar-refractivity contribution in [1.82, 2.24) is 14.9 Å². The lowest BCUT2D eigenvalue weighted by molar-refractivity contribution is -0.0441. The van der Waals surface area contributed by atoms with Crippen molar-refractivity contribution in [1.29, 1.82) is 0 Å². The summed E-state index contributed by atoms with van der Waals surface area (Å²) in [6, 6.07) is 13.5. The molecule has 2 aliphatic heterocycles. The summed E-state index contributed by atoms with van der Waals surface area (Å²) in [6.45, 7) is 20.5. The molecule has 0 spiro atoms. The molecule has 2 atom stereocenters. The Morgan fingerprint density at radius 2 is 1.71 bits per heavy atom. The van der Waals surface area contributed by atoms with Crippen LogP contribution in [0.25, 0.3) is 11.3 Å². The van der Waals surface area contributed by atoms with E-state index in [1.54, 1.807) is 18.2 Å². The fourth-order valence-electron chi connectivity index (χ4n) is 6.38. The Morgan fingerprint density at radius 1 is 1.04 bits per heavy atom. The summed E-state index contributed by atoms with van der Waals surface area (Å²) in [5, 5.41) is 0. The Labute approximate surface area is 289 Å². The third kappa shape index (κ3) is 9.78. The third-order valence-corrected chi connectivity index (χ3v) is 9.96. The van der Waals surface area contributed by atoms with E-state index in [1.807, 2.05) is 36.9 Å². The van der Waals surface area contributed by atoms with Crippen LogP contribution in [0.2, 0.25) is 0 Å². The molecule has 1 aromatic heterocycles. The maximum Gasteiger partial charge on any atom is 0.264 e. The lowest BCUT2D eigenvalue weighted by atomic mass is 9.81. The lowest BCUT2D eigenvalue weighted by Crippen LogP contribution is -2.47. The number of aromatic nitrogens is 2. The molecule has 2 aliphatic rings. The predicted octanol–water partition coefficient (Wildman–Crippen LogP) is 8.46. The van der Waals surface area contributed by atoms with Crippen LogP contribution in [0.3, 0.4) is 0 Å². The zero-order valence-electron chi connectivity index (χ0n) is 30.2. The van der Waals surface area contributed by atoms with Gasteiger partial charge in [-0.3, -0.25) is 4.79 Å². The maximum atomic E-state index is 14.3. The van der Waals surface area contributed by atoms with Gasteiger partial charge >= 0.3 is 0 Å². The van der Waals surface area contributed by atoms with Crippen molar-refractivity contribution in [2.24, 2.45) is 10.8 Å². The fraction of sp³-hybridized carbons (Fsp3) is 0.553. The number of benzene rings is 2. The van der Waals surface area contributed by atoms with Crippen molar-refractivity contribution in [2.45, 2.75) is 111 Å². The van der Waals surface area contributed by atoms with E-state index in [9.17, 15) is 13.2 Å². The van der Waals surface area contributed by atoms with E-state index < -0.39 is 10.0 Å². The topological polar surface area (TPSA) is 111 Å². The third-order valence-electron chi connectivity index (χ3n) is 8.63. The second-order valence-corrected chi connectivity index (χ2v) is 16.8. The monoisotopic (exact) mass is 680 g/mol. The minimum absolute atomic E-state index is 0. The van der Waals surface area contributed by atoms with Crippen LogP contribution in [0, 0.1) is 24.7 Å². The number of nitrogens with zero attached hydrogens (tertiary/aromatic N) is 3. The molecular formula is C38H56N4O5S. The molecule has 0 aliphatic carbocycles. The molecule has 3 heterocycles. The zero-order valence-corrected chi connectivity index (χ0v) is 31.0. The summed E-state index contributed by atoms with van der Waals surface area (Å²) in [5.74, 6) is -0.106. The first-order valence-corrected chi connectivity index (χ1v) is 18.6. The SMILES string of the molecule is CCC.Cc1cccc(C)c1-c1cc2nc(n1)NS(=O)(=O)c1cccc(c1)C(=O)N(CCC1CC(C)(C)CCO1)[C@H](CC(C)(C)C)CO2.[HH]. The highest BCUT2D eigenvalue weighted by molar-refractivity contribution is 7.92. The number of nitrogens with one attached hydrogen (secondary N) is 1. The molecule has 1 saturated heterocycles. The Morgan fingerprint density at radius 3 is 2.35 bits per heavy atom. The Kier molecular flexibility index (Phi) is 11.9. The number of rotatable bonds is 5. The van der Waals surface area contributed by atoms with Crippen molar-refractivity contribution < 1.29 is 24.1 Å². The van der Waals surface area contributed by atoms with Crippen LogP contribution in [0.5, 0.6) is 5.88 Å². The number of anilines is 1. The fourth-order valence-corrected chi connectivity index (χ4v) is 7.37. The highest BCUT2D eigenvalue weighted by atomic mass is 32.2. The molecule has 1 fully saturated rings. The number of carbonyl (C=O) groups excluding carboxylic acids is 1. The molecule has 1 amide bonds. The van der Waals surface area contributed by atoms with Crippen LogP contribution in [-0.2, 0) is 14.8 Å². The van der Waals surface area contributed by atoms with Crippen molar-refractivity contribution in [3.8, 4) is 17.1 Å². The van der Waals surface area contributed by atoms with Crippen molar-refractivity contribution >= 4 is 21.9 Å². The number of amides is 1. The van der Waals surface area contributed by atoms with Gasteiger partial charge in [-0.15, -0.1) is 0 Å². The zero-order chi connectivity index (χ0) is 35.3. The molecule has 0 saturated carbocycles. The average Bonchev–Trinajstić information content (AvgIpc) is 2.98. The van der Waals surface area contributed by atoms with E-state index in [-0.39, 0.29) is 53.6 Å². The molecule has 1 N–H and O–H groups in total. The Bertz CT molecular complexity index is 1670. The Hall–Kier alpha value is -3.50. The van der Waals surface area contributed by atoms with E-state index >= 15 is 0 Å². The number of aryl methyl sites for hydroxylation is 2. The molecule has 48 heavy (non-hydrogen) atoms. The van der Waals surface area contributed by atoms with Crippen LogP contribution in [0.4, 0.5) is 5.95 Å². The van der Waals surface area contributed by atoms with Gasteiger partial charge in [0.1, 0.15) is 6.61 Å². The molecule has 264 valence electrons. The van der Waals surface area contributed by atoms with Crippen molar-refractivity contribution in [3.05, 3.63) is 65.2 Å². The van der Waals surface area contributed by atoms with E-state index in [1.165, 1.54) is 18.6 Å². The number of fused-ring (bicyclic) bond motifs is 4. The molecule has 5 rings (SSSR count). The van der Waals surface area contributed by atoms with Gasteiger partial charge < -0.3 is 14.4 Å². The van der Waals surface area contributed by atoms with Gasteiger partial charge in [0.15, 0.2) is 0 Å². The van der Waals surface area contributed by atoms with Crippen LogP contribution in [-0.4, -0.2) is 61.1 Å². The van der Waals surface area contributed by atoms with E-state index in [4.69, 9.17) is 9.47 Å². The van der Waals surface area contributed by atoms with E-state index in [0.717, 1.165) is 29.5 Å². The van der Waals surface area contributed by atoms with Gasteiger partial charge in [-0.1, -0.05) is 79.2 Å². The minimum Gasteiger partial charge on any atom is -0.475 e. The van der Waals surface area contributed by atoms with E-state index in [2.05, 4.69) is 63.2 Å². The first-order chi connectivity index (χ1) is 22.5. The normalized spacial score (nSPS) is 20.5. The first kappa shape index (κ1) is 37.3. The lowest BCUT2D eigenvalue weighted by Gasteiger charge is -2.39. The molecule has 9 nitrogen and oxygen atoms in total. The smallest absolute Gasteiger partial charge is 0.264 e. The average molecular weight is 681 g/mol.